The largest absolute Gasteiger partial charge is 0.388 e. The maximum absolute atomic E-state index is 11.6. The lowest BCUT2D eigenvalue weighted by molar-refractivity contribution is -0.120. The standard InChI is InChI=1S/C22H37N5O2/c1-4-11-22(29,12-5-2)17-26-21(23-6-3)25-15-18-7-9-19(10-8-18)27-14-13-24-20(28)16-27/h7-10,29H,4-6,11-17H2,1-3H3,(H,24,28)(H2,23,25,26). The van der Waals surface area contributed by atoms with E-state index in [2.05, 4.69) is 51.8 Å². The van der Waals surface area contributed by atoms with Crippen LogP contribution in [0.15, 0.2) is 29.3 Å². The number of nitrogens with zero attached hydrogens (tertiary/aromatic N) is 2. The Morgan fingerprint density at radius 3 is 2.45 bits per heavy atom. The second-order valence-electron chi connectivity index (χ2n) is 7.71. The van der Waals surface area contributed by atoms with E-state index in [9.17, 15) is 9.90 Å². The van der Waals surface area contributed by atoms with E-state index in [1.807, 2.05) is 19.1 Å². The van der Waals surface area contributed by atoms with Crippen LogP contribution in [0.5, 0.6) is 0 Å². The molecule has 4 N–H and O–H groups in total. The smallest absolute Gasteiger partial charge is 0.239 e. The molecule has 0 spiro atoms. The Morgan fingerprint density at radius 2 is 1.86 bits per heavy atom. The monoisotopic (exact) mass is 403 g/mol. The zero-order chi connectivity index (χ0) is 21.1. The number of anilines is 1. The van der Waals surface area contributed by atoms with Crippen molar-refractivity contribution in [3.8, 4) is 0 Å². The van der Waals surface area contributed by atoms with Crippen LogP contribution in [0.25, 0.3) is 0 Å². The van der Waals surface area contributed by atoms with Gasteiger partial charge in [0.25, 0.3) is 0 Å². The third-order valence-corrected chi connectivity index (χ3v) is 5.12. The summed E-state index contributed by atoms with van der Waals surface area (Å²) in [5.41, 5.74) is 1.47. The third kappa shape index (κ3) is 7.57. The summed E-state index contributed by atoms with van der Waals surface area (Å²) < 4.78 is 0. The first kappa shape index (κ1) is 23.0. The predicted molar refractivity (Wildman–Crippen MR) is 119 cm³/mol. The number of rotatable bonds is 10. The van der Waals surface area contributed by atoms with Crippen molar-refractivity contribution in [2.75, 3.05) is 37.6 Å². The van der Waals surface area contributed by atoms with Crippen LogP contribution in [-0.2, 0) is 11.3 Å². The van der Waals surface area contributed by atoms with Crippen molar-refractivity contribution in [3.63, 3.8) is 0 Å². The molecule has 1 saturated heterocycles. The molecule has 0 unspecified atom stereocenters. The molecule has 0 aromatic heterocycles. The third-order valence-electron chi connectivity index (χ3n) is 5.12. The van der Waals surface area contributed by atoms with E-state index in [-0.39, 0.29) is 5.91 Å². The van der Waals surface area contributed by atoms with E-state index < -0.39 is 5.60 Å². The van der Waals surface area contributed by atoms with Crippen molar-refractivity contribution in [3.05, 3.63) is 29.8 Å². The zero-order valence-corrected chi connectivity index (χ0v) is 18.1. The maximum atomic E-state index is 11.6. The number of aliphatic hydroxyl groups is 1. The van der Waals surface area contributed by atoms with Crippen molar-refractivity contribution in [1.82, 2.24) is 16.0 Å². The lowest BCUT2D eigenvalue weighted by Gasteiger charge is -2.29. The average Bonchev–Trinajstić information content (AvgIpc) is 2.71. The molecule has 0 bridgehead atoms. The molecule has 1 amide bonds. The summed E-state index contributed by atoms with van der Waals surface area (Å²) in [6, 6.07) is 8.20. The Morgan fingerprint density at radius 1 is 1.17 bits per heavy atom. The normalized spacial score (nSPS) is 15.2. The van der Waals surface area contributed by atoms with Gasteiger partial charge in [-0.15, -0.1) is 0 Å². The van der Waals surface area contributed by atoms with E-state index in [0.717, 1.165) is 56.0 Å². The van der Waals surface area contributed by atoms with Gasteiger partial charge in [-0.1, -0.05) is 38.8 Å². The van der Waals surface area contributed by atoms with E-state index >= 15 is 0 Å². The highest BCUT2D eigenvalue weighted by Crippen LogP contribution is 2.19. The first-order valence-corrected chi connectivity index (χ1v) is 10.8. The summed E-state index contributed by atoms with van der Waals surface area (Å²) in [7, 11) is 0. The van der Waals surface area contributed by atoms with Crippen LogP contribution >= 0.6 is 0 Å². The summed E-state index contributed by atoms with van der Waals surface area (Å²) in [6.07, 6.45) is 3.47. The fourth-order valence-electron chi connectivity index (χ4n) is 3.66. The van der Waals surface area contributed by atoms with Crippen LogP contribution in [0.2, 0.25) is 0 Å². The molecule has 1 aromatic rings. The van der Waals surface area contributed by atoms with Crippen LogP contribution in [0.3, 0.4) is 0 Å². The van der Waals surface area contributed by atoms with Gasteiger partial charge in [0.05, 0.1) is 18.7 Å². The summed E-state index contributed by atoms with van der Waals surface area (Å²) in [4.78, 5) is 18.3. The van der Waals surface area contributed by atoms with Gasteiger partial charge in [0.15, 0.2) is 5.96 Å². The molecule has 0 saturated carbocycles. The van der Waals surface area contributed by atoms with Crippen molar-refractivity contribution in [2.45, 2.75) is 58.6 Å². The molecule has 0 radical (unpaired) electrons. The Hall–Kier alpha value is -2.28. The Labute approximate surface area is 175 Å². The van der Waals surface area contributed by atoms with Crippen LogP contribution in [-0.4, -0.2) is 55.3 Å². The molecule has 1 aliphatic heterocycles. The second-order valence-corrected chi connectivity index (χ2v) is 7.71. The number of hydrogen-bond acceptors (Lipinski definition) is 4. The zero-order valence-electron chi connectivity index (χ0n) is 18.1. The average molecular weight is 404 g/mol. The van der Waals surface area contributed by atoms with Gasteiger partial charge in [-0.25, -0.2) is 4.99 Å². The molecule has 29 heavy (non-hydrogen) atoms. The quantitative estimate of drug-likeness (QED) is 0.355. The number of carbonyl (C=O) groups excluding carboxylic acids is 1. The lowest BCUT2D eigenvalue weighted by Crippen LogP contribution is -2.47. The summed E-state index contributed by atoms with van der Waals surface area (Å²) in [5.74, 6) is 0.785. The number of aliphatic imine (C=N–C) groups is 1. The highest BCUT2D eigenvalue weighted by molar-refractivity contribution is 5.82. The van der Waals surface area contributed by atoms with Gasteiger partial charge in [0.1, 0.15) is 0 Å². The summed E-state index contributed by atoms with van der Waals surface area (Å²) >= 11 is 0. The SMILES string of the molecule is CCCC(O)(CCC)CNC(=NCc1ccc(N2CCNC(=O)C2)cc1)NCC. The van der Waals surface area contributed by atoms with Gasteiger partial charge in [-0.3, -0.25) is 4.79 Å². The number of nitrogens with one attached hydrogen (secondary N) is 3. The molecule has 1 fully saturated rings. The molecule has 0 aliphatic carbocycles. The Bertz CT molecular complexity index is 654. The second kappa shape index (κ2) is 11.7. The van der Waals surface area contributed by atoms with Crippen LogP contribution in [0, 0.1) is 0 Å². The van der Waals surface area contributed by atoms with Crippen LogP contribution in [0.1, 0.15) is 52.0 Å². The van der Waals surface area contributed by atoms with E-state index in [1.54, 1.807) is 0 Å². The number of benzene rings is 1. The number of amides is 1. The predicted octanol–water partition coefficient (Wildman–Crippen LogP) is 2.01. The molecular formula is C22H37N5O2. The topological polar surface area (TPSA) is 89.0 Å². The molecule has 1 aliphatic rings. The highest BCUT2D eigenvalue weighted by atomic mass is 16.3. The van der Waals surface area contributed by atoms with Gasteiger partial charge in [0, 0.05) is 31.9 Å². The summed E-state index contributed by atoms with van der Waals surface area (Å²) in [5, 5.41) is 20.2. The molecule has 7 heteroatoms. The van der Waals surface area contributed by atoms with Gasteiger partial charge >= 0.3 is 0 Å². The molecule has 0 atom stereocenters. The van der Waals surface area contributed by atoms with Gasteiger partial charge in [-0.05, 0) is 37.5 Å². The van der Waals surface area contributed by atoms with Crippen molar-refractivity contribution >= 4 is 17.6 Å². The van der Waals surface area contributed by atoms with E-state index in [1.165, 1.54) is 0 Å². The fraction of sp³-hybridized carbons (Fsp3) is 0.636. The number of piperazine rings is 1. The number of guanidine groups is 1. The van der Waals surface area contributed by atoms with Crippen LogP contribution in [0.4, 0.5) is 5.69 Å². The van der Waals surface area contributed by atoms with E-state index in [4.69, 9.17) is 0 Å². The minimum atomic E-state index is -0.692. The van der Waals surface area contributed by atoms with Crippen molar-refractivity contribution in [2.24, 2.45) is 4.99 Å². The van der Waals surface area contributed by atoms with Gasteiger partial charge in [0.2, 0.25) is 5.91 Å². The number of hydrogen-bond donors (Lipinski definition) is 4. The molecule has 2 rings (SSSR count). The molecule has 1 aromatic carbocycles. The summed E-state index contributed by atoms with van der Waals surface area (Å²) in [6.45, 7) is 9.96. The number of carbonyl (C=O) groups is 1. The molecule has 162 valence electrons. The maximum Gasteiger partial charge on any atom is 0.239 e. The fourth-order valence-corrected chi connectivity index (χ4v) is 3.66. The van der Waals surface area contributed by atoms with E-state index in [0.29, 0.717) is 26.2 Å². The molecule has 1 heterocycles. The molecule has 7 nitrogen and oxygen atoms in total. The first-order valence-electron chi connectivity index (χ1n) is 10.8. The minimum Gasteiger partial charge on any atom is -0.388 e. The molecular weight excluding hydrogens is 366 g/mol. The van der Waals surface area contributed by atoms with Crippen LogP contribution < -0.4 is 20.9 Å². The van der Waals surface area contributed by atoms with Gasteiger partial charge in [-0.2, -0.15) is 0 Å². The van der Waals surface area contributed by atoms with Crippen molar-refractivity contribution < 1.29 is 9.90 Å². The van der Waals surface area contributed by atoms with Gasteiger partial charge < -0.3 is 26.0 Å². The highest BCUT2D eigenvalue weighted by Gasteiger charge is 2.25. The Balaban J connectivity index is 1.95. The lowest BCUT2D eigenvalue weighted by atomic mass is 9.93. The minimum absolute atomic E-state index is 0.0670. The first-order chi connectivity index (χ1) is 14.0. The van der Waals surface area contributed by atoms with Crippen molar-refractivity contribution in [1.29, 1.82) is 0 Å². The Kier molecular flexibility index (Phi) is 9.25.